The summed E-state index contributed by atoms with van der Waals surface area (Å²) < 4.78 is 0. The van der Waals surface area contributed by atoms with Crippen molar-refractivity contribution in [2.24, 2.45) is 5.41 Å². The quantitative estimate of drug-likeness (QED) is 0.658. The monoisotopic (exact) mass is 247 g/mol. The number of benzene rings is 1. The molecule has 1 aromatic rings. The van der Waals surface area contributed by atoms with Crippen molar-refractivity contribution in [2.45, 2.75) is 20.8 Å². The van der Waals surface area contributed by atoms with Crippen LogP contribution in [0.15, 0.2) is 30.3 Å². The number of aliphatic hydroxyl groups is 1. The second kappa shape index (κ2) is 5.25. The van der Waals surface area contributed by atoms with Crippen LogP contribution in [0.3, 0.4) is 0 Å². The molecular formula is C15H21NO2. The molecule has 0 spiro atoms. The van der Waals surface area contributed by atoms with Crippen molar-refractivity contribution in [3.05, 3.63) is 35.9 Å². The van der Waals surface area contributed by atoms with Crippen LogP contribution in [-0.4, -0.2) is 25.0 Å². The zero-order valence-electron chi connectivity index (χ0n) is 11.7. The Kier molecular flexibility index (Phi) is 4.17. The van der Waals surface area contributed by atoms with E-state index in [-0.39, 0.29) is 11.5 Å². The van der Waals surface area contributed by atoms with Gasteiger partial charge in [0.25, 0.3) is 0 Å². The molecule has 18 heavy (non-hydrogen) atoms. The maximum Gasteiger partial charge on any atom is 0.164 e. The molecule has 0 saturated heterocycles. The van der Waals surface area contributed by atoms with Crippen LogP contribution >= 0.6 is 0 Å². The maximum absolute atomic E-state index is 11.8. The standard InChI is InChI=1S/C15H21NO2/c1-15(2,3)14(18)10-13(17)11-6-8-12(9-7-11)16(4)5/h6-10,17H,1-5H3/b13-10-. The molecule has 1 rings (SSSR count). The SMILES string of the molecule is CN(C)c1ccc(/C(O)=C/C(=O)C(C)(C)C)cc1. The Labute approximate surface area is 109 Å². The van der Waals surface area contributed by atoms with E-state index in [2.05, 4.69) is 0 Å². The fraction of sp³-hybridized carbons (Fsp3) is 0.400. The number of nitrogens with zero attached hydrogens (tertiary/aromatic N) is 1. The highest BCUT2D eigenvalue weighted by Gasteiger charge is 2.19. The molecule has 0 bridgehead atoms. The van der Waals surface area contributed by atoms with E-state index in [1.807, 2.05) is 51.9 Å². The summed E-state index contributed by atoms with van der Waals surface area (Å²) in [6.07, 6.45) is 1.30. The lowest BCUT2D eigenvalue weighted by Crippen LogP contribution is -2.17. The van der Waals surface area contributed by atoms with Crippen molar-refractivity contribution in [2.75, 3.05) is 19.0 Å². The molecule has 0 saturated carbocycles. The summed E-state index contributed by atoms with van der Waals surface area (Å²) in [5.74, 6) is -0.0723. The van der Waals surface area contributed by atoms with Crippen molar-refractivity contribution in [1.82, 2.24) is 0 Å². The Bertz CT molecular complexity index is 450. The van der Waals surface area contributed by atoms with E-state index in [4.69, 9.17) is 0 Å². The molecular weight excluding hydrogens is 226 g/mol. The van der Waals surface area contributed by atoms with Gasteiger partial charge in [-0.3, -0.25) is 4.79 Å². The summed E-state index contributed by atoms with van der Waals surface area (Å²) in [4.78, 5) is 13.8. The van der Waals surface area contributed by atoms with Gasteiger partial charge in [-0.1, -0.05) is 20.8 Å². The van der Waals surface area contributed by atoms with Crippen LogP contribution in [0.2, 0.25) is 0 Å². The number of carbonyl (C=O) groups is 1. The van der Waals surface area contributed by atoms with Crippen molar-refractivity contribution >= 4 is 17.2 Å². The predicted octanol–water partition coefficient (Wildman–Crippen LogP) is 3.27. The Morgan fingerprint density at radius 3 is 2.06 bits per heavy atom. The maximum atomic E-state index is 11.8. The Balaban J connectivity index is 2.94. The van der Waals surface area contributed by atoms with E-state index in [9.17, 15) is 9.90 Å². The minimum absolute atomic E-state index is 0.0141. The molecule has 0 atom stereocenters. The molecule has 0 aliphatic rings. The number of rotatable bonds is 3. The minimum Gasteiger partial charge on any atom is -0.507 e. The van der Waals surface area contributed by atoms with Crippen LogP contribution in [0.5, 0.6) is 0 Å². The van der Waals surface area contributed by atoms with Crippen molar-refractivity contribution in [3.8, 4) is 0 Å². The zero-order chi connectivity index (χ0) is 13.9. The third-order valence-corrected chi connectivity index (χ3v) is 2.69. The summed E-state index contributed by atoms with van der Waals surface area (Å²) in [7, 11) is 3.90. The second-order valence-corrected chi connectivity index (χ2v) is 5.59. The van der Waals surface area contributed by atoms with Crippen LogP contribution in [0.1, 0.15) is 26.3 Å². The fourth-order valence-electron chi connectivity index (χ4n) is 1.35. The predicted molar refractivity (Wildman–Crippen MR) is 75.8 cm³/mol. The topological polar surface area (TPSA) is 40.5 Å². The normalized spacial score (nSPS) is 12.4. The van der Waals surface area contributed by atoms with Crippen LogP contribution in [0.4, 0.5) is 5.69 Å². The Morgan fingerprint density at radius 1 is 1.17 bits per heavy atom. The molecule has 1 aromatic carbocycles. The van der Waals surface area contributed by atoms with E-state index in [1.54, 1.807) is 12.1 Å². The number of hydrogen-bond donors (Lipinski definition) is 1. The van der Waals surface area contributed by atoms with Gasteiger partial charge in [0.1, 0.15) is 5.76 Å². The number of ketones is 1. The average molecular weight is 247 g/mol. The molecule has 3 heteroatoms. The van der Waals surface area contributed by atoms with E-state index < -0.39 is 5.41 Å². The molecule has 0 aliphatic heterocycles. The number of aliphatic hydroxyl groups excluding tert-OH is 1. The van der Waals surface area contributed by atoms with Crippen molar-refractivity contribution < 1.29 is 9.90 Å². The highest BCUT2D eigenvalue weighted by atomic mass is 16.3. The smallest absolute Gasteiger partial charge is 0.164 e. The Morgan fingerprint density at radius 2 is 1.67 bits per heavy atom. The van der Waals surface area contributed by atoms with Gasteiger partial charge < -0.3 is 10.0 Å². The molecule has 0 unspecified atom stereocenters. The molecule has 0 fully saturated rings. The molecule has 0 aliphatic carbocycles. The summed E-state index contributed by atoms with van der Waals surface area (Å²) in [6.45, 7) is 5.48. The van der Waals surface area contributed by atoms with E-state index >= 15 is 0 Å². The lowest BCUT2D eigenvalue weighted by Gasteiger charge is -2.14. The molecule has 0 radical (unpaired) electrons. The van der Waals surface area contributed by atoms with Crippen LogP contribution in [-0.2, 0) is 4.79 Å². The number of carbonyl (C=O) groups excluding carboxylic acids is 1. The van der Waals surface area contributed by atoms with Gasteiger partial charge in [0, 0.05) is 36.8 Å². The summed E-state index contributed by atoms with van der Waals surface area (Å²) in [5.41, 5.74) is 1.23. The average Bonchev–Trinajstić information content (AvgIpc) is 2.27. The van der Waals surface area contributed by atoms with E-state index in [1.165, 1.54) is 6.08 Å². The number of allylic oxidation sites excluding steroid dienone is 1. The molecule has 3 nitrogen and oxygen atoms in total. The summed E-state index contributed by atoms with van der Waals surface area (Å²) in [6, 6.07) is 7.41. The first kappa shape index (κ1) is 14.3. The van der Waals surface area contributed by atoms with E-state index in [0.717, 1.165) is 5.69 Å². The van der Waals surface area contributed by atoms with Crippen LogP contribution in [0.25, 0.3) is 5.76 Å². The second-order valence-electron chi connectivity index (χ2n) is 5.59. The van der Waals surface area contributed by atoms with Crippen molar-refractivity contribution in [3.63, 3.8) is 0 Å². The first-order chi connectivity index (χ1) is 8.21. The lowest BCUT2D eigenvalue weighted by molar-refractivity contribution is -0.121. The zero-order valence-corrected chi connectivity index (χ0v) is 11.7. The van der Waals surface area contributed by atoms with Gasteiger partial charge in [-0.2, -0.15) is 0 Å². The number of anilines is 1. The molecule has 1 N–H and O–H groups in total. The van der Waals surface area contributed by atoms with Gasteiger partial charge in [-0.05, 0) is 24.3 Å². The highest BCUT2D eigenvalue weighted by molar-refractivity contribution is 5.98. The molecule has 0 aromatic heterocycles. The van der Waals surface area contributed by atoms with Crippen LogP contribution < -0.4 is 4.90 Å². The van der Waals surface area contributed by atoms with Gasteiger partial charge >= 0.3 is 0 Å². The first-order valence-corrected chi connectivity index (χ1v) is 5.94. The van der Waals surface area contributed by atoms with Gasteiger partial charge in [-0.15, -0.1) is 0 Å². The van der Waals surface area contributed by atoms with Gasteiger partial charge in [0.05, 0.1) is 0 Å². The van der Waals surface area contributed by atoms with Gasteiger partial charge in [0.2, 0.25) is 0 Å². The minimum atomic E-state index is -0.475. The molecule has 0 amide bonds. The molecule has 98 valence electrons. The lowest BCUT2D eigenvalue weighted by atomic mass is 9.90. The third kappa shape index (κ3) is 3.62. The first-order valence-electron chi connectivity index (χ1n) is 5.94. The molecule has 0 heterocycles. The van der Waals surface area contributed by atoms with Crippen molar-refractivity contribution in [1.29, 1.82) is 0 Å². The van der Waals surface area contributed by atoms with E-state index in [0.29, 0.717) is 5.56 Å². The fourth-order valence-corrected chi connectivity index (χ4v) is 1.35. The largest absolute Gasteiger partial charge is 0.507 e. The van der Waals surface area contributed by atoms with Crippen LogP contribution in [0, 0.1) is 5.41 Å². The van der Waals surface area contributed by atoms with Gasteiger partial charge in [0.15, 0.2) is 5.78 Å². The Hall–Kier alpha value is -1.77. The summed E-state index contributed by atoms with van der Waals surface area (Å²) >= 11 is 0. The third-order valence-electron chi connectivity index (χ3n) is 2.69. The highest BCUT2D eigenvalue weighted by Crippen LogP contribution is 2.20. The summed E-state index contributed by atoms with van der Waals surface area (Å²) in [5, 5.41) is 9.91. The van der Waals surface area contributed by atoms with Gasteiger partial charge in [-0.25, -0.2) is 0 Å². The number of hydrogen-bond acceptors (Lipinski definition) is 3.